The Morgan fingerprint density at radius 2 is 1.73 bits per heavy atom. The second-order valence-corrected chi connectivity index (χ2v) is 11.0. The normalized spacial score (nSPS) is 22.0. The Morgan fingerprint density at radius 3 is 2.33 bits per heavy atom. The van der Waals surface area contributed by atoms with Crippen LogP contribution in [0.5, 0.6) is 0 Å². The molecule has 2 fully saturated rings. The van der Waals surface area contributed by atoms with E-state index in [9.17, 15) is 14.4 Å². The molecule has 0 radical (unpaired) electrons. The van der Waals surface area contributed by atoms with Gasteiger partial charge in [0, 0.05) is 31.5 Å². The van der Waals surface area contributed by atoms with Crippen LogP contribution in [0.3, 0.4) is 0 Å². The van der Waals surface area contributed by atoms with Crippen LogP contribution >= 0.6 is 11.3 Å². The third-order valence-electron chi connectivity index (χ3n) is 6.30. The Morgan fingerprint density at radius 1 is 1.06 bits per heavy atom. The Labute approximate surface area is 199 Å². The standard InChI is InChI=1S/C23H36N4O5S/c1-23(2,3)32-22(30)27-13-11-16(12-14-27)20-25-26-21(33-20)19(29)24-17-8-5-15(6-9-17)7-10-18(28)31-4/h15-17H,5-14H2,1-4H3,(H,24,29)/t15-,17-. The summed E-state index contributed by atoms with van der Waals surface area (Å²) in [6.45, 7) is 6.81. The number of hydrogen-bond donors (Lipinski definition) is 1. The molecular weight excluding hydrogens is 444 g/mol. The van der Waals surface area contributed by atoms with Gasteiger partial charge in [0.15, 0.2) is 0 Å². The monoisotopic (exact) mass is 480 g/mol. The zero-order chi connectivity index (χ0) is 24.0. The van der Waals surface area contributed by atoms with E-state index in [1.165, 1.54) is 18.4 Å². The zero-order valence-electron chi connectivity index (χ0n) is 20.1. The average Bonchev–Trinajstić information content (AvgIpc) is 3.28. The molecule has 1 N–H and O–H groups in total. The maximum atomic E-state index is 12.7. The summed E-state index contributed by atoms with van der Waals surface area (Å²) < 4.78 is 10.2. The van der Waals surface area contributed by atoms with Crippen LogP contribution in [0.25, 0.3) is 0 Å². The minimum Gasteiger partial charge on any atom is -0.469 e. The van der Waals surface area contributed by atoms with Crippen LogP contribution in [-0.2, 0) is 14.3 Å². The van der Waals surface area contributed by atoms with E-state index < -0.39 is 5.60 Å². The summed E-state index contributed by atoms with van der Waals surface area (Å²) in [6, 6.07) is 0.135. The molecule has 2 aliphatic rings. The summed E-state index contributed by atoms with van der Waals surface area (Å²) in [7, 11) is 1.42. The Balaban J connectivity index is 1.42. The van der Waals surface area contributed by atoms with Crippen LogP contribution in [0.2, 0.25) is 0 Å². The molecule has 10 heteroatoms. The molecule has 1 aliphatic heterocycles. The molecule has 0 spiro atoms. The Bertz CT molecular complexity index is 821. The molecule has 9 nitrogen and oxygen atoms in total. The number of methoxy groups -OCH3 is 1. The van der Waals surface area contributed by atoms with Gasteiger partial charge in [0.1, 0.15) is 10.6 Å². The van der Waals surface area contributed by atoms with Crippen molar-refractivity contribution in [2.75, 3.05) is 20.2 Å². The average molecular weight is 481 g/mol. The summed E-state index contributed by atoms with van der Waals surface area (Å²) in [4.78, 5) is 38.0. The SMILES string of the molecule is COC(=O)CC[C@H]1CC[C@H](NC(=O)c2nnc(C3CCN(C(=O)OC(C)(C)C)CC3)s2)CC1. The van der Waals surface area contributed by atoms with Gasteiger partial charge in [0.2, 0.25) is 5.01 Å². The van der Waals surface area contributed by atoms with E-state index in [0.717, 1.165) is 50.0 Å². The van der Waals surface area contributed by atoms with Crippen molar-refractivity contribution in [1.29, 1.82) is 0 Å². The first kappa shape index (κ1) is 25.4. The number of carbonyl (C=O) groups excluding carboxylic acids is 3. The van der Waals surface area contributed by atoms with Crippen molar-refractivity contribution in [2.45, 2.75) is 89.7 Å². The first-order valence-corrected chi connectivity index (χ1v) is 12.6. The number of esters is 1. The fourth-order valence-corrected chi connectivity index (χ4v) is 5.31. The molecule has 1 saturated carbocycles. The van der Waals surface area contributed by atoms with Crippen molar-refractivity contribution >= 4 is 29.3 Å². The smallest absolute Gasteiger partial charge is 0.410 e. The summed E-state index contributed by atoms with van der Waals surface area (Å²) >= 11 is 1.35. The van der Waals surface area contributed by atoms with Crippen molar-refractivity contribution < 1.29 is 23.9 Å². The van der Waals surface area contributed by atoms with E-state index >= 15 is 0 Å². The highest BCUT2D eigenvalue weighted by Crippen LogP contribution is 2.31. The lowest BCUT2D eigenvalue weighted by atomic mass is 9.83. The molecule has 0 aromatic carbocycles. The van der Waals surface area contributed by atoms with Crippen LogP contribution < -0.4 is 5.32 Å². The van der Waals surface area contributed by atoms with Crippen molar-refractivity contribution in [2.24, 2.45) is 5.92 Å². The topological polar surface area (TPSA) is 111 Å². The maximum Gasteiger partial charge on any atom is 0.410 e. The summed E-state index contributed by atoms with van der Waals surface area (Å²) in [5.74, 6) is 0.390. The highest BCUT2D eigenvalue weighted by atomic mass is 32.1. The molecule has 0 bridgehead atoms. The van der Waals surface area contributed by atoms with Gasteiger partial charge in [-0.25, -0.2) is 4.79 Å². The highest BCUT2D eigenvalue weighted by molar-refractivity contribution is 7.13. The van der Waals surface area contributed by atoms with Crippen molar-refractivity contribution in [1.82, 2.24) is 20.4 Å². The number of carbonyl (C=O) groups is 3. The van der Waals surface area contributed by atoms with Crippen molar-refractivity contribution in [3.05, 3.63) is 10.0 Å². The van der Waals surface area contributed by atoms with E-state index in [-0.39, 0.29) is 29.9 Å². The van der Waals surface area contributed by atoms with E-state index in [2.05, 4.69) is 15.5 Å². The van der Waals surface area contributed by atoms with Gasteiger partial charge in [-0.2, -0.15) is 0 Å². The zero-order valence-corrected chi connectivity index (χ0v) is 20.9. The molecular formula is C23H36N4O5S. The largest absolute Gasteiger partial charge is 0.469 e. The number of ether oxygens (including phenoxy) is 2. The van der Waals surface area contributed by atoms with E-state index in [0.29, 0.717) is 30.4 Å². The van der Waals surface area contributed by atoms with Crippen molar-refractivity contribution in [3.8, 4) is 0 Å². The Kier molecular flexibility index (Phi) is 8.67. The summed E-state index contributed by atoms with van der Waals surface area (Å²) in [5, 5.41) is 12.8. The number of hydrogen-bond acceptors (Lipinski definition) is 8. The van der Waals surface area contributed by atoms with Crippen LogP contribution in [0, 0.1) is 5.92 Å². The predicted molar refractivity (Wildman–Crippen MR) is 124 cm³/mol. The quantitative estimate of drug-likeness (QED) is 0.615. The molecule has 3 rings (SSSR count). The number of nitrogens with one attached hydrogen (secondary N) is 1. The molecule has 184 valence electrons. The number of piperidine rings is 1. The van der Waals surface area contributed by atoms with E-state index in [4.69, 9.17) is 9.47 Å². The molecule has 0 unspecified atom stereocenters. The third kappa shape index (κ3) is 7.65. The number of likely N-dealkylation sites (tertiary alicyclic amines) is 1. The van der Waals surface area contributed by atoms with Gasteiger partial charge < -0.3 is 19.7 Å². The molecule has 1 saturated heterocycles. The highest BCUT2D eigenvalue weighted by Gasteiger charge is 2.30. The van der Waals surface area contributed by atoms with Gasteiger partial charge in [-0.15, -0.1) is 10.2 Å². The second kappa shape index (κ2) is 11.3. The molecule has 1 aromatic rings. The van der Waals surface area contributed by atoms with Crippen LogP contribution in [-0.4, -0.2) is 64.9 Å². The van der Waals surface area contributed by atoms with Gasteiger partial charge in [0.25, 0.3) is 5.91 Å². The second-order valence-electron chi connectivity index (χ2n) is 9.99. The molecule has 2 amide bonds. The van der Waals surface area contributed by atoms with E-state index in [1.807, 2.05) is 20.8 Å². The minimum absolute atomic E-state index is 0.135. The lowest BCUT2D eigenvalue weighted by Crippen LogP contribution is -2.41. The minimum atomic E-state index is -0.502. The van der Waals surface area contributed by atoms with E-state index in [1.54, 1.807) is 4.90 Å². The lowest BCUT2D eigenvalue weighted by Gasteiger charge is -2.32. The number of nitrogens with zero attached hydrogens (tertiary/aromatic N) is 3. The van der Waals surface area contributed by atoms with Crippen LogP contribution in [0.4, 0.5) is 4.79 Å². The summed E-state index contributed by atoms with van der Waals surface area (Å²) in [5.41, 5.74) is -0.502. The van der Waals surface area contributed by atoms with Gasteiger partial charge in [-0.3, -0.25) is 9.59 Å². The number of aromatic nitrogens is 2. The number of rotatable bonds is 6. The molecule has 2 heterocycles. The molecule has 33 heavy (non-hydrogen) atoms. The van der Waals surface area contributed by atoms with Gasteiger partial charge in [0.05, 0.1) is 7.11 Å². The molecule has 0 atom stereocenters. The first-order chi connectivity index (χ1) is 15.6. The first-order valence-electron chi connectivity index (χ1n) is 11.8. The van der Waals surface area contributed by atoms with Gasteiger partial charge >= 0.3 is 12.1 Å². The summed E-state index contributed by atoms with van der Waals surface area (Å²) in [6.07, 6.45) is 6.41. The fraction of sp³-hybridized carbons (Fsp3) is 0.783. The predicted octanol–water partition coefficient (Wildman–Crippen LogP) is 3.89. The fourth-order valence-electron chi connectivity index (χ4n) is 4.39. The van der Waals surface area contributed by atoms with Gasteiger partial charge in [-0.1, -0.05) is 11.3 Å². The lowest BCUT2D eigenvalue weighted by molar-refractivity contribution is -0.141. The number of amides is 2. The van der Waals surface area contributed by atoms with Crippen LogP contribution in [0.1, 0.15) is 92.9 Å². The molecule has 1 aromatic heterocycles. The maximum absolute atomic E-state index is 12.7. The third-order valence-corrected chi connectivity index (χ3v) is 7.38. The Hall–Kier alpha value is -2.23. The van der Waals surface area contributed by atoms with Crippen LogP contribution in [0.15, 0.2) is 0 Å². The van der Waals surface area contributed by atoms with Crippen molar-refractivity contribution in [3.63, 3.8) is 0 Å². The molecule has 1 aliphatic carbocycles. The van der Waals surface area contributed by atoms with Gasteiger partial charge in [-0.05, 0) is 71.6 Å².